The number of hydrogen-bond acceptors (Lipinski definition) is 5. The van der Waals surface area contributed by atoms with E-state index >= 15 is 0 Å². The average Bonchev–Trinajstić information content (AvgIpc) is 2.45. The van der Waals surface area contributed by atoms with Crippen molar-refractivity contribution in [1.29, 1.82) is 5.26 Å². The van der Waals surface area contributed by atoms with E-state index in [1.54, 1.807) is 6.20 Å². The Bertz CT molecular complexity index is 384. The van der Waals surface area contributed by atoms with E-state index < -0.39 is 5.91 Å². The van der Waals surface area contributed by atoms with Gasteiger partial charge in [0.1, 0.15) is 11.6 Å². The molecule has 1 unspecified atom stereocenters. The van der Waals surface area contributed by atoms with Gasteiger partial charge in [0, 0.05) is 31.9 Å². The molecule has 0 aromatic rings. The van der Waals surface area contributed by atoms with Crippen molar-refractivity contribution in [2.45, 2.75) is 32.2 Å². The van der Waals surface area contributed by atoms with E-state index in [2.05, 4.69) is 6.92 Å². The van der Waals surface area contributed by atoms with Gasteiger partial charge in [-0.25, -0.2) is 0 Å². The second-order valence-electron chi connectivity index (χ2n) is 4.98. The first kappa shape index (κ1) is 16.5. The molecule has 112 valence electrons. The zero-order valence-corrected chi connectivity index (χ0v) is 12.0. The van der Waals surface area contributed by atoms with Crippen LogP contribution in [0.2, 0.25) is 0 Å². The lowest BCUT2D eigenvalue weighted by Gasteiger charge is -2.32. The van der Waals surface area contributed by atoms with Gasteiger partial charge < -0.3 is 20.0 Å². The van der Waals surface area contributed by atoms with Gasteiger partial charge in [0.15, 0.2) is 0 Å². The Morgan fingerprint density at radius 3 is 2.55 bits per heavy atom. The number of carbonyl (C=O) groups excluding carboxylic acids is 1. The Labute approximate surface area is 119 Å². The number of nitrogens with zero attached hydrogens (tertiary/aromatic N) is 3. The van der Waals surface area contributed by atoms with Crippen LogP contribution in [0.3, 0.4) is 0 Å². The third kappa shape index (κ3) is 4.51. The number of aliphatic hydroxyl groups excluding tert-OH is 2. The SMILES string of the molecule is CC1CCCCN1/C=C(/C#N)C(=O)N(CCO)CCO. The molecule has 1 atom stereocenters. The minimum atomic E-state index is -0.437. The fraction of sp³-hybridized carbons (Fsp3) is 0.714. The highest BCUT2D eigenvalue weighted by atomic mass is 16.3. The van der Waals surface area contributed by atoms with Crippen LogP contribution in [0.4, 0.5) is 0 Å². The number of rotatable bonds is 6. The minimum Gasteiger partial charge on any atom is -0.395 e. The summed E-state index contributed by atoms with van der Waals surface area (Å²) in [6.45, 7) is 2.78. The van der Waals surface area contributed by atoms with Crippen molar-refractivity contribution in [3.8, 4) is 6.07 Å². The Kier molecular flexibility index (Phi) is 7.05. The van der Waals surface area contributed by atoms with Gasteiger partial charge in [0.2, 0.25) is 0 Å². The Balaban J connectivity index is 2.81. The van der Waals surface area contributed by atoms with Gasteiger partial charge in [0.05, 0.1) is 13.2 Å². The van der Waals surface area contributed by atoms with Crippen LogP contribution in [0, 0.1) is 11.3 Å². The number of nitriles is 1. The molecule has 0 spiro atoms. The highest BCUT2D eigenvalue weighted by Crippen LogP contribution is 2.18. The maximum atomic E-state index is 12.2. The lowest BCUT2D eigenvalue weighted by atomic mass is 10.0. The summed E-state index contributed by atoms with van der Waals surface area (Å²) >= 11 is 0. The zero-order chi connectivity index (χ0) is 15.0. The average molecular weight is 281 g/mol. The molecular formula is C14H23N3O3. The lowest BCUT2D eigenvalue weighted by molar-refractivity contribution is -0.127. The molecule has 1 aliphatic rings. The van der Waals surface area contributed by atoms with Crippen LogP contribution in [0.25, 0.3) is 0 Å². The summed E-state index contributed by atoms with van der Waals surface area (Å²) in [5, 5.41) is 27.1. The van der Waals surface area contributed by atoms with E-state index in [1.165, 1.54) is 11.3 Å². The van der Waals surface area contributed by atoms with Crippen LogP contribution in [-0.2, 0) is 4.79 Å². The first-order valence-electron chi connectivity index (χ1n) is 7.02. The van der Waals surface area contributed by atoms with E-state index in [9.17, 15) is 10.1 Å². The van der Waals surface area contributed by atoms with E-state index in [-0.39, 0.29) is 31.9 Å². The summed E-state index contributed by atoms with van der Waals surface area (Å²) < 4.78 is 0. The van der Waals surface area contributed by atoms with Gasteiger partial charge in [-0.2, -0.15) is 5.26 Å². The van der Waals surface area contributed by atoms with Gasteiger partial charge in [-0.05, 0) is 26.2 Å². The smallest absolute Gasteiger partial charge is 0.266 e. The molecule has 2 N–H and O–H groups in total. The third-order valence-electron chi connectivity index (χ3n) is 3.53. The highest BCUT2D eigenvalue weighted by molar-refractivity contribution is 5.97. The van der Waals surface area contributed by atoms with E-state index in [1.807, 2.05) is 11.0 Å². The number of carbonyl (C=O) groups is 1. The molecule has 0 bridgehead atoms. The van der Waals surface area contributed by atoms with E-state index in [0.717, 1.165) is 19.4 Å². The number of amides is 1. The summed E-state index contributed by atoms with van der Waals surface area (Å²) in [5.41, 5.74) is 0.0562. The topological polar surface area (TPSA) is 87.8 Å². The van der Waals surface area contributed by atoms with Crippen molar-refractivity contribution in [1.82, 2.24) is 9.80 Å². The monoisotopic (exact) mass is 281 g/mol. The van der Waals surface area contributed by atoms with Crippen molar-refractivity contribution in [3.05, 3.63) is 11.8 Å². The summed E-state index contributed by atoms with van der Waals surface area (Å²) in [6.07, 6.45) is 4.90. The summed E-state index contributed by atoms with van der Waals surface area (Å²) in [4.78, 5) is 15.5. The van der Waals surface area contributed by atoms with Gasteiger partial charge in [-0.15, -0.1) is 0 Å². The second-order valence-corrected chi connectivity index (χ2v) is 4.98. The Morgan fingerprint density at radius 2 is 2.05 bits per heavy atom. The van der Waals surface area contributed by atoms with Crippen molar-refractivity contribution < 1.29 is 15.0 Å². The number of aliphatic hydroxyl groups is 2. The van der Waals surface area contributed by atoms with E-state index in [4.69, 9.17) is 10.2 Å². The molecule has 6 heteroatoms. The maximum Gasteiger partial charge on any atom is 0.266 e. The molecule has 0 aromatic carbocycles. The third-order valence-corrected chi connectivity index (χ3v) is 3.53. The number of hydrogen-bond donors (Lipinski definition) is 2. The summed E-state index contributed by atoms with van der Waals surface area (Å²) in [7, 11) is 0. The highest BCUT2D eigenvalue weighted by Gasteiger charge is 2.21. The standard InChI is InChI=1S/C14H23N3O3/c1-12-4-2-3-5-17(12)11-13(10-15)14(20)16(6-8-18)7-9-19/h11-12,18-19H,2-9H2,1H3/b13-11-. The van der Waals surface area contributed by atoms with Crippen molar-refractivity contribution in [2.75, 3.05) is 32.8 Å². The van der Waals surface area contributed by atoms with Crippen LogP contribution in [0.15, 0.2) is 11.8 Å². The molecule has 1 amide bonds. The van der Waals surface area contributed by atoms with Crippen LogP contribution < -0.4 is 0 Å². The van der Waals surface area contributed by atoms with E-state index in [0.29, 0.717) is 6.04 Å². The minimum absolute atomic E-state index is 0.0562. The largest absolute Gasteiger partial charge is 0.395 e. The number of piperidine rings is 1. The molecule has 1 rings (SSSR count). The van der Waals surface area contributed by atoms with Gasteiger partial charge in [-0.3, -0.25) is 4.79 Å². The molecular weight excluding hydrogens is 258 g/mol. The van der Waals surface area contributed by atoms with Crippen LogP contribution in [0.5, 0.6) is 0 Å². The van der Waals surface area contributed by atoms with Crippen molar-refractivity contribution in [3.63, 3.8) is 0 Å². The molecule has 6 nitrogen and oxygen atoms in total. The van der Waals surface area contributed by atoms with Crippen LogP contribution >= 0.6 is 0 Å². The predicted octanol–water partition coefficient (Wildman–Crippen LogP) is 0.0815. The second kappa shape index (κ2) is 8.56. The molecule has 1 heterocycles. The first-order chi connectivity index (χ1) is 9.63. The molecule has 0 aliphatic carbocycles. The van der Waals surface area contributed by atoms with Gasteiger partial charge in [-0.1, -0.05) is 0 Å². The first-order valence-corrected chi connectivity index (χ1v) is 7.02. The molecule has 1 fully saturated rings. The molecule has 1 saturated heterocycles. The zero-order valence-electron chi connectivity index (χ0n) is 12.0. The van der Waals surface area contributed by atoms with Crippen molar-refractivity contribution in [2.24, 2.45) is 0 Å². The Morgan fingerprint density at radius 1 is 1.40 bits per heavy atom. The fourth-order valence-corrected chi connectivity index (χ4v) is 2.34. The molecule has 0 saturated carbocycles. The fourth-order valence-electron chi connectivity index (χ4n) is 2.34. The van der Waals surface area contributed by atoms with Crippen molar-refractivity contribution >= 4 is 5.91 Å². The predicted molar refractivity (Wildman–Crippen MR) is 74.5 cm³/mol. The lowest BCUT2D eigenvalue weighted by Crippen LogP contribution is -2.38. The molecule has 0 aromatic heterocycles. The number of likely N-dealkylation sites (tertiary alicyclic amines) is 1. The Hall–Kier alpha value is -1.58. The quantitative estimate of drug-likeness (QED) is 0.532. The normalized spacial score (nSPS) is 19.6. The summed E-state index contributed by atoms with van der Waals surface area (Å²) in [5.74, 6) is -0.437. The van der Waals surface area contributed by atoms with Crippen LogP contribution in [0.1, 0.15) is 26.2 Å². The summed E-state index contributed by atoms with van der Waals surface area (Å²) in [6, 6.07) is 2.26. The van der Waals surface area contributed by atoms with Crippen LogP contribution in [-0.4, -0.2) is 64.8 Å². The molecule has 0 radical (unpaired) electrons. The maximum absolute atomic E-state index is 12.2. The molecule has 1 aliphatic heterocycles. The van der Waals surface area contributed by atoms with Gasteiger partial charge >= 0.3 is 0 Å². The van der Waals surface area contributed by atoms with Gasteiger partial charge in [0.25, 0.3) is 5.91 Å². The molecule has 20 heavy (non-hydrogen) atoms.